The Morgan fingerprint density at radius 1 is 1.33 bits per heavy atom. The van der Waals surface area contributed by atoms with Crippen molar-refractivity contribution in [1.29, 1.82) is 0 Å². The predicted molar refractivity (Wildman–Crippen MR) is 65.2 cm³/mol. The van der Waals surface area contributed by atoms with Gasteiger partial charge in [0.25, 0.3) is 0 Å². The molecule has 1 N–H and O–H groups in total. The highest BCUT2D eigenvalue weighted by Crippen LogP contribution is 2.06. The third kappa shape index (κ3) is 5.14. The van der Waals surface area contributed by atoms with E-state index < -0.39 is 11.3 Å². The Bertz CT molecular complexity index is 439. The monoisotopic (exact) mass is 273 g/mol. The van der Waals surface area contributed by atoms with Crippen LogP contribution in [0.3, 0.4) is 0 Å². The van der Waals surface area contributed by atoms with Gasteiger partial charge in [0, 0.05) is 19.5 Å². The van der Waals surface area contributed by atoms with Gasteiger partial charge in [0.2, 0.25) is 5.24 Å². The summed E-state index contributed by atoms with van der Waals surface area (Å²) < 4.78 is 12.9. The molecule has 0 bridgehead atoms. The minimum absolute atomic E-state index is 0.0307. The molecule has 0 atom stereocenters. The fourth-order valence-corrected chi connectivity index (χ4v) is 1.57. The van der Waals surface area contributed by atoms with E-state index in [2.05, 4.69) is 0 Å². The summed E-state index contributed by atoms with van der Waals surface area (Å²) >= 11 is 5.16. The van der Waals surface area contributed by atoms with E-state index in [1.165, 1.54) is 12.1 Å². The molecule has 0 aromatic heterocycles. The summed E-state index contributed by atoms with van der Waals surface area (Å²) in [6.45, 7) is 0.246. The molecule has 0 aliphatic rings. The lowest BCUT2D eigenvalue weighted by molar-refractivity contribution is -0.111. The number of rotatable bonds is 6. The maximum Gasteiger partial charge on any atom is 0.407 e. The van der Waals surface area contributed by atoms with Crippen molar-refractivity contribution in [3.05, 3.63) is 35.6 Å². The molecule has 98 valence electrons. The summed E-state index contributed by atoms with van der Waals surface area (Å²) in [6.07, 6.45) is -0.762. The first-order valence-corrected chi connectivity index (χ1v) is 5.77. The summed E-state index contributed by atoms with van der Waals surface area (Å²) in [5, 5.41) is 8.34. The molecule has 0 spiro atoms. The molecule has 0 aliphatic carbocycles. The normalized spacial score (nSPS) is 10.1. The standard InChI is InChI=1S/C12H13ClFNO3/c13-11(16)5-7-15(12(17)18)6-4-9-2-1-3-10(14)8-9/h1-3,8H,4-7H2,(H,17,18). The van der Waals surface area contributed by atoms with Gasteiger partial charge >= 0.3 is 6.09 Å². The van der Waals surface area contributed by atoms with Crippen LogP contribution in [-0.4, -0.2) is 34.4 Å². The van der Waals surface area contributed by atoms with Gasteiger partial charge in [0.15, 0.2) is 0 Å². The molecule has 0 aliphatic heterocycles. The molecule has 18 heavy (non-hydrogen) atoms. The number of carbonyl (C=O) groups excluding carboxylic acids is 1. The second-order valence-corrected chi connectivity index (χ2v) is 4.18. The number of hydrogen-bond acceptors (Lipinski definition) is 2. The highest BCUT2D eigenvalue weighted by Gasteiger charge is 2.12. The lowest BCUT2D eigenvalue weighted by Crippen LogP contribution is -2.33. The maximum absolute atomic E-state index is 12.9. The third-order valence-electron chi connectivity index (χ3n) is 2.41. The Hall–Kier alpha value is -1.62. The Balaban J connectivity index is 2.51. The summed E-state index contributed by atoms with van der Waals surface area (Å²) in [7, 11) is 0. The van der Waals surface area contributed by atoms with E-state index in [9.17, 15) is 14.0 Å². The van der Waals surface area contributed by atoms with Gasteiger partial charge in [-0.3, -0.25) is 4.79 Å². The zero-order chi connectivity index (χ0) is 13.5. The quantitative estimate of drug-likeness (QED) is 0.810. The van der Waals surface area contributed by atoms with E-state index >= 15 is 0 Å². The van der Waals surface area contributed by atoms with E-state index in [0.29, 0.717) is 12.0 Å². The van der Waals surface area contributed by atoms with Crippen molar-refractivity contribution in [3.63, 3.8) is 0 Å². The Morgan fingerprint density at radius 2 is 2.06 bits per heavy atom. The van der Waals surface area contributed by atoms with E-state index in [-0.39, 0.29) is 25.3 Å². The Kier molecular flexibility index (Phi) is 5.58. The van der Waals surface area contributed by atoms with Gasteiger partial charge in [0.05, 0.1) is 0 Å². The van der Waals surface area contributed by atoms with E-state index in [1.807, 2.05) is 0 Å². The molecule has 0 saturated heterocycles. The van der Waals surface area contributed by atoms with Gasteiger partial charge in [-0.25, -0.2) is 9.18 Å². The van der Waals surface area contributed by atoms with E-state index in [0.717, 1.165) is 4.90 Å². The van der Waals surface area contributed by atoms with Crippen molar-refractivity contribution in [2.75, 3.05) is 13.1 Å². The zero-order valence-corrected chi connectivity index (χ0v) is 10.4. The third-order valence-corrected chi connectivity index (χ3v) is 2.60. The minimum atomic E-state index is -1.12. The van der Waals surface area contributed by atoms with Crippen LogP contribution in [0.4, 0.5) is 9.18 Å². The summed E-state index contributed by atoms with van der Waals surface area (Å²) in [5.74, 6) is -0.356. The molecule has 6 heteroatoms. The minimum Gasteiger partial charge on any atom is -0.465 e. The Morgan fingerprint density at radius 3 is 2.61 bits per heavy atom. The molecule has 1 rings (SSSR count). The fraction of sp³-hybridized carbons (Fsp3) is 0.333. The second kappa shape index (κ2) is 6.96. The fourth-order valence-electron chi connectivity index (χ4n) is 1.48. The van der Waals surface area contributed by atoms with Gasteiger partial charge in [-0.15, -0.1) is 0 Å². The molecule has 0 unspecified atom stereocenters. The van der Waals surface area contributed by atoms with Crippen molar-refractivity contribution in [3.8, 4) is 0 Å². The number of halogens is 2. The first-order chi connectivity index (χ1) is 8.49. The van der Waals surface area contributed by atoms with Crippen LogP contribution in [0.1, 0.15) is 12.0 Å². The molecule has 0 saturated carbocycles. The van der Waals surface area contributed by atoms with Crippen LogP contribution in [0, 0.1) is 5.82 Å². The van der Waals surface area contributed by atoms with Crippen LogP contribution >= 0.6 is 11.6 Å². The highest BCUT2D eigenvalue weighted by atomic mass is 35.5. The van der Waals surface area contributed by atoms with Gasteiger partial charge in [-0.1, -0.05) is 12.1 Å². The van der Waals surface area contributed by atoms with Crippen molar-refractivity contribution in [2.45, 2.75) is 12.8 Å². The van der Waals surface area contributed by atoms with Gasteiger partial charge < -0.3 is 10.0 Å². The van der Waals surface area contributed by atoms with Crippen LogP contribution in [0.5, 0.6) is 0 Å². The smallest absolute Gasteiger partial charge is 0.407 e. The summed E-state index contributed by atoms with van der Waals surface area (Å²) in [4.78, 5) is 22.6. The van der Waals surface area contributed by atoms with Crippen LogP contribution in [-0.2, 0) is 11.2 Å². The first kappa shape index (κ1) is 14.4. The number of hydrogen-bond donors (Lipinski definition) is 1. The average molecular weight is 274 g/mol. The summed E-state index contributed by atoms with van der Waals surface area (Å²) in [6, 6.07) is 5.96. The van der Waals surface area contributed by atoms with Crippen molar-refractivity contribution >= 4 is 22.9 Å². The molecule has 0 fully saturated rings. The van der Waals surface area contributed by atoms with E-state index in [1.54, 1.807) is 12.1 Å². The molecule has 4 nitrogen and oxygen atoms in total. The lowest BCUT2D eigenvalue weighted by atomic mass is 10.1. The van der Waals surface area contributed by atoms with Crippen molar-refractivity contribution in [1.82, 2.24) is 4.90 Å². The molecular weight excluding hydrogens is 261 g/mol. The van der Waals surface area contributed by atoms with Crippen LogP contribution in [0.15, 0.2) is 24.3 Å². The highest BCUT2D eigenvalue weighted by molar-refractivity contribution is 6.63. The van der Waals surface area contributed by atoms with E-state index in [4.69, 9.17) is 16.7 Å². The molecule has 1 amide bonds. The topological polar surface area (TPSA) is 57.6 Å². The maximum atomic E-state index is 12.9. The number of carbonyl (C=O) groups is 2. The first-order valence-electron chi connectivity index (χ1n) is 5.39. The number of carboxylic acid groups (broad SMARTS) is 1. The average Bonchev–Trinajstić information content (AvgIpc) is 2.28. The molecule has 0 heterocycles. The SMILES string of the molecule is O=C(Cl)CCN(CCc1cccc(F)c1)C(=O)O. The van der Waals surface area contributed by atoms with Crippen LogP contribution < -0.4 is 0 Å². The molecule has 0 radical (unpaired) electrons. The molecule has 1 aromatic carbocycles. The number of nitrogens with zero attached hydrogens (tertiary/aromatic N) is 1. The summed E-state index contributed by atoms with van der Waals surface area (Å²) in [5.41, 5.74) is 0.707. The lowest BCUT2D eigenvalue weighted by Gasteiger charge is -2.18. The van der Waals surface area contributed by atoms with Crippen LogP contribution in [0.25, 0.3) is 0 Å². The van der Waals surface area contributed by atoms with Gasteiger partial charge in [-0.2, -0.15) is 0 Å². The molecular formula is C12H13ClFNO3. The van der Waals surface area contributed by atoms with Gasteiger partial charge in [-0.05, 0) is 35.7 Å². The number of benzene rings is 1. The second-order valence-electron chi connectivity index (χ2n) is 3.75. The van der Waals surface area contributed by atoms with Gasteiger partial charge in [0.1, 0.15) is 5.82 Å². The predicted octanol–water partition coefficient (Wildman–Crippen LogP) is 2.50. The molecule has 1 aromatic rings. The van der Waals surface area contributed by atoms with Crippen molar-refractivity contribution < 1.29 is 19.1 Å². The van der Waals surface area contributed by atoms with Crippen LogP contribution in [0.2, 0.25) is 0 Å². The number of amides is 1. The largest absolute Gasteiger partial charge is 0.465 e. The zero-order valence-electron chi connectivity index (χ0n) is 9.60. The Labute approximate surface area is 109 Å². The van der Waals surface area contributed by atoms with Crippen molar-refractivity contribution in [2.24, 2.45) is 0 Å².